The second-order valence-corrected chi connectivity index (χ2v) is 6.53. The summed E-state index contributed by atoms with van der Waals surface area (Å²) in [6.07, 6.45) is 4.19. The van der Waals surface area contributed by atoms with Gasteiger partial charge in [0.15, 0.2) is 0 Å². The van der Waals surface area contributed by atoms with Crippen LogP contribution in [-0.4, -0.2) is 23.4 Å². The average molecular weight is 283 g/mol. The van der Waals surface area contributed by atoms with Gasteiger partial charge in [-0.15, -0.1) is 0 Å². The second kappa shape index (κ2) is 6.25. The van der Waals surface area contributed by atoms with Crippen LogP contribution < -0.4 is 0 Å². The summed E-state index contributed by atoms with van der Waals surface area (Å²) in [5.74, 6) is 0.221. The van der Waals surface area contributed by atoms with Crippen LogP contribution in [-0.2, 0) is 11.2 Å². The van der Waals surface area contributed by atoms with Crippen molar-refractivity contribution in [3.63, 3.8) is 0 Å². The molecule has 19 heavy (non-hydrogen) atoms. The topological polar surface area (TPSA) is 29.5 Å². The fraction of sp³-hybridized carbons (Fsp3) is 0.625. The molecule has 1 heterocycles. The Hall–Kier alpha value is -0.570. The fourth-order valence-electron chi connectivity index (χ4n) is 2.81. The van der Waals surface area contributed by atoms with E-state index >= 15 is 0 Å². The Labute approximate surface area is 120 Å². The summed E-state index contributed by atoms with van der Waals surface area (Å²) >= 11 is 6.17. The van der Waals surface area contributed by atoms with E-state index in [9.17, 15) is 5.11 Å². The molecule has 0 bridgehead atoms. The van der Waals surface area contributed by atoms with Gasteiger partial charge >= 0.3 is 0 Å². The number of rotatable bonds is 5. The van der Waals surface area contributed by atoms with Crippen LogP contribution in [0.5, 0.6) is 0 Å². The number of aliphatic hydroxyl groups is 1. The first-order valence-corrected chi connectivity index (χ1v) is 7.40. The maximum Gasteiger partial charge on any atom is 0.0631 e. The van der Waals surface area contributed by atoms with E-state index < -0.39 is 0 Å². The first kappa shape index (κ1) is 14.8. The molecule has 0 aromatic heterocycles. The lowest BCUT2D eigenvalue weighted by atomic mass is 9.93. The number of halogens is 1. The van der Waals surface area contributed by atoms with Crippen LogP contribution in [0.3, 0.4) is 0 Å². The maximum absolute atomic E-state index is 9.57. The largest absolute Gasteiger partial charge is 0.396 e. The van der Waals surface area contributed by atoms with Crippen molar-refractivity contribution in [3.05, 3.63) is 34.9 Å². The number of benzene rings is 1. The highest BCUT2D eigenvalue weighted by atomic mass is 35.5. The average Bonchev–Trinajstić information content (AvgIpc) is 2.70. The highest BCUT2D eigenvalue weighted by Gasteiger charge is 2.32. The molecule has 2 nitrogen and oxygen atoms in total. The summed E-state index contributed by atoms with van der Waals surface area (Å²) in [5, 5.41) is 10.4. The van der Waals surface area contributed by atoms with E-state index in [1.165, 1.54) is 0 Å². The molecular weight excluding hydrogens is 260 g/mol. The highest BCUT2D eigenvalue weighted by molar-refractivity contribution is 6.31. The molecule has 0 amide bonds. The van der Waals surface area contributed by atoms with Crippen LogP contribution >= 0.6 is 11.6 Å². The minimum atomic E-state index is -0.00490. The predicted octanol–water partition coefficient (Wildman–Crippen LogP) is 3.84. The summed E-state index contributed by atoms with van der Waals surface area (Å²) in [6.45, 7) is 4.45. The third kappa shape index (κ3) is 4.20. The normalized spacial score (nSPS) is 23.5. The SMILES string of the molecule is CC1(C)CCC(CC(CO)Cc2ccccc2Cl)O1. The van der Waals surface area contributed by atoms with E-state index in [2.05, 4.69) is 13.8 Å². The number of hydrogen-bond donors (Lipinski definition) is 1. The fourth-order valence-corrected chi connectivity index (χ4v) is 3.03. The number of hydrogen-bond acceptors (Lipinski definition) is 2. The van der Waals surface area contributed by atoms with E-state index in [1.54, 1.807) is 0 Å². The van der Waals surface area contributed by atoms with Crippen LogP contribution in [0.2, 0.25) is 5.02 Å². The summed E-state index contributed by atoms with van der Waals surface area (Å²) in [5.41, 5.74) is 1.11. The van der Waals surface area contributed by atoms with Gasteiger partial charge in [0.05, 0.1) is 11.7 Å². The molecule has 1 aromatic carbocycles. The van der Waals surface area contributed by atoms with Crippen molar-refractivity contribution >= 4 is 11.6 Å². The molecule has 3 heteroatoms. The standard InChI is InChI=1S/C16H23ClO2/c1-16(2)8-7-14(19-16)10-12(11-18)9-13-5-3-4-6-15(13)17/h3-6,12,14,18H,7-11H2,1-2H3. The molecule has 1 aromatic rings. The lowest BCUT2D eigenvalue weighted by molar-refractivity contribution is -0.0276. The van der Waals surface area contributed by atoms with Crippen molar-refractivity contribution < 1.29 is 9.84 Å². The Morgan fingerprint density at radius 3 is 2.74 bits per heavy atom. The monoisotopic (exact) mass is 282 g/mol. The Bertz CT molecular complexity index is 417. The van der Waals surface area contributed by atoms with Gasteiger partial charge < -0.3 is 9.84 Å². The van der Waals surface area contributed by atoms with E-state index in [-0.39, 0.29) is 24.2 Å². The molecule has 2 rings (SSSR count). The second-order valence-electron chi connectivity index (χ2n) is 6.12. The molecule has 0 saturated carbocycles. The Kier molecular flexibility index (Phi) is 4.88. The molecule has 1 saturated heterocycles. The molecular formula is C16H23ClO2. The van der Waals surface area contributed by atoms with E-state index in [1.807, 2.05) is 24.3 Å². The van der Waals surface area contributed by atoms with Crippen molar-refractivity contribution in [1.82, 2.24) is 0 Å². The van der Waals surface area contributed by atoms with Crippen molar-refractivity contribution in [2.24, 2.45) is 5.92 Å². The third-order valence-corrected chi connectivity index (χ3v) is 4.24. The van der Waals surface area contributed by atoms with Gasteiger partial charge in [0.25, 0.3) is 0 Å². The number of ether oxygens (including phenoxy) is 1. The first-order valence-electron chi connectivity index (χ1n) is 7.02. The Morgan fingerprint density at radius 2 is 2.16 bits per heavy atom. The first-order chi connectivity index (χ1) is 9.00. The van der Waals surface area contributed by atoms with E-state index in [0.717, 1.165) is 36.3 Å². The lowest BCUT2D eigenvalue weighted by Gasteiger charge is -2.22. The molecule has 0 aliphatic carbocycles. The third-order valence-electron chi connectivity index (χ3n) is 3.87. The van der Waals surface area contributed by atoms with Gasteiger partial charge in [-0.05, 0) is 57.1 Å². The maximum atomic E-state index is 9.57. The lowest BCUT2D eigenvalue weighted by Crippen LogP contribution is -2.23. The quantitative estimate of drug-likeness (QED) is 0.889. The molecule has 0 radical (unpaired) electrons. The highest BCUT2D eigenvalue weighted by Crippen LogP contribution is 2.33. The molecule has 2 unspecified atom stereocenters. The molecule has 1 N–H and O–H groups in total. The van der Waals surface area contributed by atoms with Gasteiger partial charge in [-0.1, -0.05) is 29.8 Å². The minimum absolute atomic E-state index is 0.00490. The smallest absolute Gasteiger partial charge is 0.0631 e. The predicted molar refractivity (Wildman–Crippen MR) is 78.5 cm³/mol. The van der Waals surface area contributed by atoms with Gasteiger partial charge in [-0.3, -0.25) is 0 Å². The van der Waals surface area contributed by atoms with Gasteiger partial charge in [0.2, 0.25) is 0 Å². The van der Waals surface area contributed by atoms with E-state index in [0.29, 0.717) is 0 Å². The minimum Gasteiger partial charge on any atom is -0.396 e. The Morgan fingerprint density at radius 1 is 1.42 bits per heavy atom. The van der Waals surface area contributed by atoms with Crippen LogP contribution in [0.4, 0.5) is 0 Å². The van der Waals surface area contributed by atoms with Crippen molar-refractivity contribution in [3.8, 4) is 0 Å². The molecule has 1 aliphatic rings. The summed E-state index contributed by atoms with van der Waals surface area (Å²) in [6, 6.07) is 7.86. The summed E-state index contributed by atoms with van der Waals surface area (Å²) < 4.78 is 6.00. The number of aliphatic hydroxyl groups excluding tert-OH is 1. The van der Waals surface area contributed by atoms with Gasteiger partial charge in [-0.25, -0.2) is 0 Å². The Balaban J connectivity index is 1.93. The van der Waals surface area contributed by atoms with Crippen molar-refractivity contribution in [2.75, 3.05) is 6.61 Å². The van der Waals surface area contributed by atoms with Gasteiger partial charge in [0, 0.05) is 11.6 Å². The molecule has 0 spiro atoms. The molecule has 2 atom stereocenters. The van der Waals surface area contributed by atoms with Gasteiger partial charge in [0.1, 0.15) is 0 Å². The van der Waals surface area contributed by atoms with E-state index in [4.69, 9.17) is 16.3 Å². The van der Waals surface area contributed by atoms with Crippen LogP contribution in [0.1, 0.15) is 38.7 Å². The summed E-state index contributed by atoms with van der Waals surface area (Å²) in [7, 11) is 0. The molecule has 1 aliphatic heterocycles. The molecule has 106 valence electrons. The zero-order valence-electron chi connectivity index (χ0n) is 11.7. The van der Waals surface area contributed by atoms with Gasteiger partial charge in [-0.2, -0.15) is 0 Å². The van der Waals surface area contributed by atoms with Crippen LogP contribution in [0.15, 0.2) is 24.3 Å². The summed E-state index contributed by atoms with van der Waals surface area (Å²) in [4.78, 5) is 0. The zero-order chi connectivity index (χ0) is 13.9. The van der Waals surface area contributed by atoms with Crippen LogP contribution in [0.25, 0.3) is 0 Å². The van der Waals surface area contributed by atoms with Crippen molar-refractivity contribution in [2.45, 2.75) is 51.2 Å². The molecule has 1 fully saturated rings. The van der Waals surface area contributed by atoms with Crippen LogP contribution in [0, 0.1) is 5.92 Å². The zero-order valence-corrected chi connectivity index (χ0v) is 12.5. The van der Waals surface area contributed by atoms with Crippen molar-refractivity contribution in [1.29, 1.82) is 0 Å².